The number of amides is 1. The molecule has 1 fully saturated rings. The van der Waals surface area contributed by atoms with Crippen LogP contribution in [0.15, 0.2) is 12.1 Å². The van der Waals surface area contributed by atoms with E-state index in [-0.39, 0.29) is 5.91 Å². The Balaban J connectivity index is 2.33. The Bertz CT molecular complexity index is 508. The Morgan fingerprint density at radius 3 is 1.91 bits per heavy atom. The summed E-state index contributed by atoms with van der Waals surface area (Å²) in [5, 5.41) is 0. The van der Waals surface area contributed by atoms with E-state index in [2.05, 4.69) is 13.8 Å². The third-order valence-corrected chi connectivity index (χ3v) is 4.07. The lowest BCUT2D eigenvalue weighted by Crippen LogP contribution is -2.42. The number of ether oxygens (including phenoxy) is 3. The Labute approximate surface area is 132 Å². The monoisotopic (exact) mass is 307 g/mol. The van der Waals surface area contributed by atoms with E-state index in [9.17, 15) is 4.79 Å². The second-order valence-electron chi connectivity index (χ2n) is 6.07. The molecule has 0 radical (unpaired) electrons. The second kappa shape index (κ2) is 6.90. The van der Waals surface area contributed by atoms with E-state index in [1.54, 1.807) is 33.5 Å². The maximum absolute atomic E-state index is 12.8. The van der Waals surface area contributed by atoms with E-state index >= 15 is 0 Å². The number of nitrogens with zero attached hydrogens (tertiary/aromatic N) is 1. The molecule has 1 aromatic carbocycles. The lowest BCUT2D eigenvalue weighted by Gasteiger charge is -2.35. The number of carbonyl (C=O) groups excluding carboxylic acids is 1. The molecule has 2 unspecified atom stereocenters. The highest BCUT2D eigenvalue weighted by molar-refractivity contribution is 5.95. The van der Waals surface area contributed by atoms with E-state index in [0.29, 0.717) is 34.6 Å². The smallest absolute Gasteiger partial charge is 0.254 e. The predicted molar refractivity (Wildman–Crippen MR) is 84.9 cm³/mol. The Morgan fingerprint density at radius 2 is 1.50 bits per heavy atom. The standard InChI is InChI=1S/C17H25NO4/c1-11-6-12(2)10-18(9-11)17(19)13-7-14(20-3)16(22-5)15(8-13)21-4/h7-8,11-12H,6,9-10H2,1-5H3. The van der Waals surface area contributed by atoms with Gasteiger partial charge in [-0.15, -0.1) is 0 Å². The summed E-state index contributed by atoms with van der Waals surface area (Å²) in [7, 11) is 4.66. The summed E-state index contributed by atoms with van der Waals surface area (Å²) in [6, 6.07) is 3.43. The first-order valence-electron chi connectivity index (χ1n) is 7.59. The molecule has 1 heterocycles. The number of carbonyl (C=O) groups is 1. The van der Waals surface area contributed by atoms with Crippen molar-refractivity contribution in [2.24, 2.45) is 11.8 Å². The number of methoxy groups -OCH3 is 3. The van der Waals surface area contributed by atoms with Gasteiger partial charge in [-0.25, -0.2) is 0 Å². The fourth-order valence-corrected chi connectivity index (χ4v) is 3.22. The number of hydrogen-bond donors (Lipinski definition) is 0. The van der Waals surface area contributed by atoms with Gasteiger partial charge in [0, 0.05) is 18.7 Å². The molecule has 1 aliphatic heterocycles. The molecule has 1 aromatic rings. The van der Waals surface area contributed by atoms with Crippen LogP contribution in [0.5, 0.6) is 17.2 Å². The number of hydrogen-bond acceptors (Lipinski definition) is 4. The molecule has 1 amide bonds. The summed E-state index contributed by atoms with van der Waals surface area (Å²) < 4.78 is 15.9. The van der Waals surface area contributed by atoms with Gasteiger partial charge in [-0.3, -0.25) is 4.79 Å². The Morgan fingerprint density at radius 1 is 1.00 bits per heavy atom. The van der Waals surface area contributed by atoms with Gasteiger partial charge < -0.3 is 19.1 Å². The van der Waals surface area contributed by atoms with E-state index in [0.717, 1.165) is 13.1 Å². The summed E-state index contributed by atoms with van der Waals surface area (Å²) >= 11 is 0. The van der Waals surface area contributed by atoms with Gasteiger partial charge in [0.05, 0.1) is 21.3 Å². The normalized spacial score (nSPS) is 21.4. The average Bonchev–Trinajstić information content (AvgIpc) is 2.51. The van der Waals surface area contributed by atoms with E-state index in [1.807, 2.05) is 4.90 Å². The summed E-state index contributed by atoms with van der Waals surface area (Å²) in [5.41, 5.74) is 0.566. The highest BCUT2D eigenvalue weighted by Gasteiger charge is 2.27. The molecule has 0 spiro atoms. The zero-order valence-corrected chi connectivity index (χ0v) is 14.0. The molecule has 2 rings (SSSR count). The van der Waals surface area contributed by atoms with Gasteiger partial charge in [0.2, 0.25) is 5.75 Å². The van der Waals surface area contributed by atoms with E-state index in [1.165, 1.54) is 6.42 Å². The average molecular weight is 307 g/mol. The third-order valence-electron chi connectivity index (χ3n) is 4.07. The second-order valence-corrected chi connectivity index (χ2v) is 6.07. The van der Waals surface area contributed by atoms with Crippen LogP contribution >= 0.6 is 0 Å². The molecule has 0 N–H and O–H groups in total. The minimum Gasteiger partial charge on any atom is -0.493 e. The highest BCUT2D eigenvalue weighted by Crippen LogP contribution is 2.38. The number of likely N-dealkylation sites (tertiary alicyclic amines) is 1. The molecule has 5 heteroatoms. The van der Waals surface area contributed by atoms with Crippen LogP contribution in [0.1, 0.15) is 30.6 Å². The summed E-state index contributed by atoms with van der Waals surface area (Å²) in [6.45, 7) is 5.95. The van der Waals surface area contributed by atoms with Crippen molar-refractivity contribution in [3.05, 3.63) is 17.7 Å². The topological polar surface area (TPSA) is 48.0 Å². The molecule has 0 saturated carbocycles. The van der Waals surface area contributed by atoms with Crippen LogP contribution < -0.4 is 14.2 Å². The third kappa shape index (κ3) is 3.29. The molecule has 22 heavy (non-hydrogen) atoms. The van der Waals surface area contributed by atoms with Crippen LogP contribution in [0.2, 0.25) is 0 Å². The first-order valence-corrected chi connectivity index (χ1v) is 7.59. The fraction of sp³-hybridized carbons (Fsp3) is 0.588. The fourth-order valence-electron chi connectivity index (χ4n) is 3.22. The van der Waals surface area contributed by atoms with Gasteiger partial charge in [0.1, 0.15) is 0 Å². The summed E-state index contributed by atoms with van der Waals surface area (Å²) in [5.74, 6) is 2.57. The number of benzene rings is 1. The van der Waals surface area contributed by atoms with Gasteiger partial charge in [-0.05, 0) is 30.4 Å². The van der Waals surface area contributed by atoms with Gasteiger partial charge in [-0.2, -0.15) is 0 Å². The Hall–Kier alpha value is -1.91. The van der Waals surface area contributed by atoms with E-state index in [4.69, 9.17) is 14.2 Å². The lowest BCUT2D eigenvalue weighted by atomic mass is 9.91. The molecular formula is C17H25NO4. The van der Waals surface area contributed by atoms with Crippen LogP contribution in [0.4, 0.5) is 0 Å². The molecule has 1 saturated heterocycles. The first kappa shape index (κ1) is 16.5. The van der Waals surface area contributed by atoms with Crippen molar-refractivity contribution < 1.29 is 19.0 Å². The van der Waals surface area contributed by atoms with Crippen LogP contribution in [0.25, 0.3) is 0 Å². The van der Waals surface area contributed by atoms with Crippen LogP contribution in [-0.4, -0.2) is 45.2 Å². The maximum Gasteiger partial charge on any atom is 0.254 e. The lowest BCUT2D eigenvalue weighted by molar-refractivity contribution is 0.0622. The van der Waals surface area contributed by atoms with Gasteiger partial charge in [0.25, 0.3) is 5.91 Å². The van der Waals surface area contributed by atoms with Gasteiger partial charge in [0.15, 0.2) is 11.5 Å². The molecule has 0 bridgehead atoms. The van der Waals surface area contributed by atoms with Crippen molar-refractivity contribution in [1.82, 2.24) is 4.90 Å². The van der Waals surface area contributed by atoms with Crippen LogP contribution in [-0.2, 0) is 0 Å². The molecule has 0 aliphatic carbocycles. The van der Waals surface area contributed by atoms with Crippen molar-refractivity contribution in [2.75, 3.05) is 34.4 Å². The quantitative estimate of drug-likeness (QED) is 0.858. The zero-order chi connectivity index (χ0) is 16.3. The van der Waals surface area contributed by atoms with Crippen molar-refractivity contribution in [1.29, 1.82) is 0 Å². The highest BCUT2D eigenvalue weighted by atomic mass is 16.5. The molecule has 5 nitrogen and oxygen atoms in total. The van der Waals surface area contributed by atoms with Crippen molar-refractivity contribution in [3.63, 3.8) is 0 Å². The number of piperidine rings is 1. The summed E-state index contributed by atoms with van der Waals surface area (Å²) in [6.07, 6.45) is 1.17. The molecular weight excluding hydrogens is 282 g/mol. The van der Waals surface area contributed by atoms with Crippen LogP contribution in [0, 0.1) is 11.8 Å². The SMILES string of the molecule is COc1cc(C(=O)N2CC(C)CC(C)C2)cc(OC)c1OC. The molecule has 122 valence electrons. The zero-order valence-electron chi connectivity index (χ0n) is 14.0. The molecule has 2 atom stereocenters. The van der Waals surface area contributed by atoms with E-state index < -0.39 is 0 Å². The molecule has 1 aliphatic rings. The number of rotatable bonds is 4. The Kier molecular flexibility index (Phi) is 5.16. The van der Waals surface area contributed by atoms with Crippen LogP contribution in [0.3, 0.4) is 0 Å². The van der Waals surface area contributed by atoms with Crippen molar-refractivity contribution in [2.45, 2.75) is 20.3 Å². The minimum absolute atomic E-state index is 0.0117. The minimum atomic E-state index is 0.0117. The first-order chi connectivity index (χ1) is 10.5. The molecule has 0 aromatic heterocycles. The van der Waals surface area contributed by atoms with Crippen molar-refractivity contribution >= 4 is 5.91 Å². The largest absolute Gasteiger partial charge is 0.493 e. The van der Waals surface area contributed by atoms with Gasteiger partial charge >= 0.3 is 0 Å². The van der Waals surface area contributed by atoms with Gasteiger partial charge in [-0.1, -0.05) is 13.8 Å². The van der Waals surface area contributed by atoms with Crippen molar-refractivity contribution in [3.8, 4) is 17.2 Å². The maximum atomic E-state index is 12.8. The predicted octanol–water partition coefficient (Wildman–Crippen LogP) is 2.83. The summed E-state index contributed by atoms with van der Waals surface area (Å²) in [4.78, 5) is 14.7.